The largest absolute Gasteiger partial charge is 0.478 e. The molecule has 0 aliphatic carbocycles. The SMILES string of the molecule is CCOC(=O)CN(C)C(=N)N.CCOC(=O)CN(C)C(=N)N.CCOC(=O)CN(C)C(=N)N.O=C(O)/C=C/C(=O)O.O=C(O)/C=C/C(=O)O. The summed E-state index contributed by atoms with van der Waals surface area (Å²) in [5.74, 6) is -6.56. The lowest BCUT2D eigenvalue weighted by molar-refractivity contribution is -0.144. The van der Waals surface area contributed by atoms with Crippen LogP contribution in [0.5, 0.6) is 0 Å². The summed E-state index contributed by atoms with van der Waals surface area (Å²) in [5, 5.41) is 52.0. The number of hydrogen-bond acceptors (Lipinski definition) is 13. The van der Waals surface area contributed by atoms with Crippen LogP contribution in [0.2, 0.25) is 0 Å². The minimum Gasteiger partial charge on any atom is -0.478 e. The first-order valence-electron chi connectivity index (χ1n) is 13.4. The Hall–Kier alpha value is -6.42. The van der Waals surface area contributed by atoms with Crippen LogP contribution in [0.15, 0.2) is 24.3 Å². The van der Waals surface area contributed by atoms with E-state index in [4.69, 9.17) is 53.9 Å². The Bertz CT molecular complexity index is 1010. The van der Waals surface area contributed by atoms with Crippen molar-refractivity contribution in [1.82, 2.24) is 14.7 Å². The zero-order valence-corrected chi connectivity index (χ0v) is 28.0. The number of hydrogen-bond donors (Lipinski definition) is 10. The number of nitrogens with zero attached hydrogens (tertiary/aromatic N) is 3. The van der Waals surface area contributed by atoms with Gasteiger partial charge in [-0.3, -0.25) is 30.6 Å². The van der Waals surface area contributed by atoms with Gasteiger partial charge in [-0.1, -0.05) is 0 Å². The average Bonchev–Trinajstić information content (AvgIpc) is 2.96. The smallest absolute Gasteiger partial charge is 0.328 e. The molecule has 0 radical (unpaired) electrons. The van der Waals surface area contributed by atoms with Crippen molar-refractivity contribution < 1.29 is 68.2 Å². The van der Waals surface area contributed by atoms with Gasteiger partial charge in [-0.25, -0.2) is 19.2 Å². The Morgan fingerprint density at radius 1 is 0.490 bits per heavy atom. The second-order valence-corrected chi connectivity index (χ2v) is 8.16. The van der Waals surface area contributed by atoms with Crippen LogP contribution in [-0.4, -0.2) is 155 Å². The zero-order chi connectivity index (χ0) is 39.7. The van der Waals surface area contributed by atoms with Gasteiger partial charge < -0.3 is 66.5 Å². The minimum atomic E-state index is -1.26. The standard InChI is InChI=1S/3C6H13N3O2.2C4H4O4/c3*1-3-11-5(10)4-9(2)6(7)8;2*5-3(6)1-2-4(7)8/h3*3-4H2,1-2H3,(H3,7,8);2*1-2H,(H,5,6)(H,7,8)/b;;;2*2-1+. The van der Waals surface area contributed by atoms with Crippen molar-refractivity contribution in [2.75, 3.05) is 60.6 Å². The van der Waals surface area contributed by atoms with E-state index in [1.54, 1.807) is 41.9 Å². The zero-order valence-electron chi connectivity index (χ0n) is 28.0. The molecule has 49 heavy (non-hydrogen) atoms. The normalized spacial score (nSPS) is 9.10. The van der Waals surface area contributed by atoms with Gasteiger partial charge in [-0.15, -0.1) is 0 Å². The van der Waals surface area contributed by atoms with Crippen LogP contribution < -0.4 is 17.2 Å². The average molecular weight is 710 g/mol. The highest BCUT2D eigenvalue weighted by atomic mass is 16.5. The molecule has 23 nitrogen and oxygen atoms in total. The first kappa shape index (κ1) is 52.1. The van der Waals surface area contributed by atoms with Crippen LogP contribution in [0.25, 0.3) is 0 Å². The van der Waals surface area contributed by atoms with E-state index >= 15 is 0 Å². The molecule has 0 saturated carbocycles. The van der Waals surface area contributed by atoms with Crippen LogP contribution in [-0.2, 0) is 47.8 Å². The van der Waals surface area contributed by atoms with Gasteiger partial charge in [0.25, 0.3) is 0 Å². The van der Waals surface area contributed by atoms with Crippen molar-refractivity contribution in [3.05, 3.63) is 24.3 Å². The summed E-state index contributed by atoms with van der Waals surface area (Å²) >= 11 is 0. The van der Waals surface area contributed by atoms with Gasteiger partial charge >= 0.3 is 41.8 Å². The highest BCUT2D eigenvalue weighted by Crippen LogP contribution is 1.85. The molecule has 0 aliphatic heterocycles. The maximum absolute atomic E-state index is 10.7. The number of carboxylic acids is 4. The van der Waals surface area contributed by atoms with Crippen molar-refractivity contribution in [2.45, 2.75) is 20.8 Å². The predicted molar refractivity (Wildman–Crippen MR) is 172 cm³/mol. The molecule has 0 aromatic heterocycles. The molecule has 0 unspecified atom stereocenters. The molecule has 0 bridgehead atoms. The first-order chi connectivity index (χ1) is 22.5. The molecule has 280 valence electrons. The van der Waals surface area contributed by atoms with Gasteiger partial charge in [-0.2, -0.15) is 0 Å². The molecule has 0 fully saturated rings. The Balaban J connectivity index is -0.000000166. The van der Waals surface area contributed by atoms with Crippen LogP contribution in [0.4, 0.5) is 0 Å². The van der Waals surface area contributed by atoms with E-state index < -0.39 is 23.9 Å². The number of rotatable bonds is 13. The Morgan fingerprint density at radius 3 is 0.755 bits per heavy atom. The van der Waals surface area contributed by atoms with Gasteiger partial charge in [0.05, 0.1) is 19.8 Å². The van der Waals surface area contributed by atoms with Crippen molar-refractivity contribution in [2.24, 2.45) is 17.2 Å². The maximum Gasteiger partial charge on any atom is 0.328 e. The molecular formula is C26H47N9O14. The van der Waals surface area contributed by atoms with E-state index in [0.717, 1.165) is 0 Å². The molecule has 0 aromatic rings. The second kappa shape index (κ2) is 33.0. The molecule has 0 saturated heterocycles. The number of carboxylic acid groups (broad SMARTS) is 4. The molecule has 23 heteroatoms. The van der Waals surface area contributed by atoms with E-state index in [0.29, 0.717) is 44.1 Å². The van der Waals surface area contributed by atoms with Gasteiger partial charge in [0, 0.05) is 45.4 Å². The third kappa shape index (κ3) is 48.7. The van der Waals surface area contributed by atoms with Crippen LogP contribution in [0, 0.1) is 16.2 Å². The fourth-order valence-corrected chi connectivity index (χ4v) is 1.74. The van der Waals surface area contributed by atoms with E-state index in [1.165, 1.54) is 14.7 Å². The lowest BCUT2D eigenvalue weighted by atomic mass is 10.5. The molecule has 0 atom stereocenters. The van der Waals surface area contributed by atoms with Gasteiger partial charge in [0.15, 0.2) is 17.9 Å². The van der Waals surface area contributed by atoms with Crippen LogP contribution >= 0.6 is 0 Å². The molecule has 0 heterocycles. The van der Waals surface area contributed by atoms with Gasteiger partial charge in [0.1, 0.15) is 19.6 Å². The number of carbonyl (C=O) groups excluding carboxylic acids is 3. The molecule has 13 N–H and O–H groups in total. The third-order valence-corrected chi connectivity index (χ3v) is 3.99. The minimum absolute atomic E-state index is 0.0309. The Kier molecular flexibility index (Phi) is 35.1. The number of likely N-dealkylation sites (N-methyl/N-ethyl adjacent to an activating group) is 3. The number of esters is 3. The lowest BCUT2D eigenvalue weighted by Crippen LogP contribution is -2.37. The number of ether oxygens (including phenoxy) is 3. The van der Waals surface area contributed by atoms with Gasteiger partial charge in [0.2, 0.25) is 0 Å². The van der Waals surface area contributed by atoms with Gasteiger partial charge in [-0.05, 0) is 20.8 Å². The fraction of sp³-hybridized carbons (Fsp3) is 0.462. The number of nitrogens with one attached hydrogen (secondary N) is 3. The summed E-state index contributed by atoms with van der Waals surface area (Å²) in [5.41, 5.74) is 15.2. The van der Waals surface area contributed by atoms with E-state index in [2.05, 4.69) is 14.2 Å². The number of aliphatic carboxylic acids is 4. The van der Waals surface area contributed by atoms with Crippen LogP contribution in [0.1, 0.15) is 20.8 Å². The highest BCUT2D eigenvalue weighted by molar-refractivity contribution is 5.90. The van der Waals surface area contributed by atoms with Crippen LogP contribution in [0.3, 0.4) is 0 Å². The molecule has 0 spiro atoms. The number of nitrogens with two attached hydrogens (primary N) is 3. The summed E-state index contributed by atoms with van der Waals surface area (Å²) in [6.45, 7) is 6.33. The first-order valence-corrected chi connectivity index (χ1v) is 13.4. The van der Waals surface area contributed by atoms with Crippen molar-refractivity contribution >= 4 is 59.7 Å². The molecule has 0 aliphatic rings. The third-order valence-electron chi connectivity index (χ3n) is 3.99. The Labute approximate surface area is 282 Å². The second-order valence-electron chi connectivity index (χ2n) is 8.16. The summed E-state index contributed by atoms with van der Waals surface area (Å²) < 4.78 is 13.9. The molecule has 0 aromatic carbocycles. The van der Waals surface area contributed by atoms with E-state index in [1.807, 2.05) is 0 Å². The monoisotopic (exact) mass is 709 g/mol. The van der Waals surface area contributed by atoms with E-state index in [-0.39, 0.29) is 55.4 Å². The maximum atomic E-state index is 10.7. The molecule has 0 amide bonds. The highest BCUT2D eigenvalue weighted by Gasteiger charge is 2.08. The fourth-order valence-electron chi connectivity index (χ4n) is 1.74. The molecular weight excluding hydrogens is 662 g/mol. The predicted octanol–water partition coefficient (Wildman–Crippen LogP) is -2.45. The topological polar surface area (TPSA) is 387 Å². The number of guanidine groups is 3. The summed E-state index contributed by atoms with van der Waals surface area (Å²) in [6, 6.07) is 0. The summed E-state index contributed by atoms with van der Waals surface area (Å²) in [4.78, 5) is 74.4. The van der Waals surface area contributed by atoms with Crippen molar-refractivity contribution in [1.29, 1.82) is 16.2 Å². The summed E-state index contributed by atoms with van der Waals surface area (Å²) in [6.07, 6.45) is 2.23. The van der Waals surface area contributed by atoms with Crippen molar-refractivity contribution in [3.8, 4) is 0 Å². The quantitative estimate of drug-likeness (QED) is 0.0312. The lowest BCUT2D eigenvalue weighted by Gasteiger charge is -2.14. The molecule has 0 rings (SSSR count). The summed E-state index contributed by atoms with van der Waals surface area (Å²) in [7, 11) is 4.66. The Morgan fingerprint density at radius 2 is 0.653 bits per heavy atom. The van der Waals surface area contributed by atoms with E-state index in [9.17, 15) is 33.6 Å². The number of carbonyl (C=O) groups is 7. The van der Waals surface area contributed by atoms with Crippen molar-refractivity contribution in [3.63, 3.8) is 0 Å².